The maximum absolute atomic E-state index is 5.78. The zero-order valence-corrected chi connectivity index (χ0v) is 8.43. The maximum atomic E-state index is 5.78. The van der Waals surface area contributed by atoms with Gasteiger partial charge in [0, 0.05) is 19.5 Å². The first-order chi connectivity index (χ1) is 5.13. The summed E-state index contributed by atoms with van der Waals surface area (Å²) in [5.74, 6) is 0. The first-order valence-electron chi connectivity index (χ1n) is 4.10. The second kappa shape index (κ2) is 6.53. The Kier molecular flexibility index (Phi) is 6.43. The van der Waals surface area contributed by atoms with E-state index >= 15 is 0 Å². The van der Waals surface area contributed by atoms with Gasteiger partial charge in [-0.3, -0.25) is 0 Å². The molecule has 0 heterocycles. The number of unbranched alkanes of at least 4 members (excludes halogenated alkanes) is 1. The summed E-state index contributed by atoms with van der Waals surface area (Å²) in [6.45, 7) is 2.04. The van der Waals surface area contributed by atoms with E-state index in [1.165, 1.54) is 6.42 Å². The van der Waals surface area contributed by atoms with Gasteiger partial charge in [-0.15, -0.1) is 11.6 Å². The molecular formula is C9H18ClN. The summed E-state index contributed by atoms with van der Waals surface area (Å²) < 4.78 is 0. The molecule has 0 aliphatic heterocycles. The maximum Gasteiger partial charge on any atom is 0.0307 e. The van der Waals surface area contributed by atoms with Gasteiger partial charge in [0.05, 0.1) is 0 Å². The Balaban J connectivity index is 3.14. The second-order valence-corrected chi connectivity index (χ2v) is 3.81. The van der Waals surface area contributed by atoms with E-state index in [9.17, 15) is 0 Å². The SMILES string of the molecule is CC(Cl)CCCC=CN(C)C. The quantitative estimate of drug-likeness (QED) is 0.459. The van der Waals surface area contributed by atoms with Crippen LogP contribution in [-0.2, 0) is 0 Å². The van der Waals surface area contributed by atoms with Crippen LogP contribution in [0.15, 0.2) is 12.3 Å². The van der Waals surface area contributed by atoms with E-state index in [4.69, 9.17) is 11.6 Å². The van der Waals surface area contributed by atoms with Crippen molar-refractivity contribution in [1.82, 2.24) is 4.90 Å². The van der Waals surface area contributed by atoms with Crippen LogP contribution in [0.2, 0.25) is 0 Å². The molecule has 0 aliphatic carbocycles. The van der Waals surface area contributed by atoms with Gasteiger partial charge in [-0.2, -0.15) is 0 Å². The number of rotatable bonds is 5. The Morgan fingerprint density at radius 2 is 2.09 bits per heavy atom. The number of halogens is 1. The third-order valence-corrected chi connectivity index (χ3v) is 1.59. The molecule has 0 fully saturated rings. The van der Waals surface area contributed by atoms with Crippen molar-refractivity contribution in [2.75, 3.05) is 14.1 Å². The van der Waals surface area contributed by atoms with Crippen molar-refractivity contribution in [2.45, 2.75) is 31.6 Å². The summed E-state index contributed by atoms with van der Waals surface area (Å²) in [6, 6.07) is 0. The Morgan fingerprint density at radius 1 is 1.45 bits per heavy atom. The second-order valence-electron chi connectivity index (χ2n) is 3.06. The highest BCUT2D eigenvalue weighted by atomic mass is 35.5. The van der Waals surface area contributed by atoms with Gasteiger partial charge in [-0.25, -0.2) is 0 Å². The zero-order valence-electron chi connectivity index (χ0n) is 7.68. The lowest BCUT2D eigenvalue weighted by Gasteiger charge is -2.03. The van der Waals surface area contributed by atoms with Gasteiger partial charge < -0.3 is 4.90 Å². The predicted molar refractivity (Wildman–Crippen MR) is 52.0 cm³/mol. The predicted octanol–water partition coefficient (Wildman–Crippen LogP) is 2.86. The molecule has 0 aromatic heterocycles. The fraction of sp³-hybridized carbons (Fsp3) is 0.778. The van der Waals surface area contributed by atoms with Crippen LogP contribution >= 0.6 is 11.6 Å². The fourth-order valence-electron chi connectivity index (χ4n) is 0.802. The van der Waals surface area contributed by atoms with Crippen LogP contribution in [0.1, 0.15) is 26.2 Å². The van der Waals surface area contributed by atoms with Crippen molar-refractivity contribution in [3.8, 4) is 0 Å². The summed E-state index contributed by atoms with van der Waals surface area (Å²) in [5.41, 5.74) is 0. The van der Waals surface area contributed by atoms with E-state index in [2.05, 4.69) is 12.3 Å². The van der Waals surface area contributed by atoms with Crippen LogP contribution in [-0.4, -0.2) is 24.4 Å². The third-order valence-electron chi connectivity index (χ3n) is 1.38. The minimum absolute atomic E-state index is 0.322. The van der Waals surface area contributed by atoms with Gasteiger partial charge >= 0.3 is 0 Å². The lowest BCUT2D eigenvalue weighted by atomic mass is 10.2. The van der Waals surface area contributed by atoms with Crippen LogP contribution in [0, 0.1) is 0 Å². The summed E-state index contributed by atoms with van der Waals surface area (Å²) in [4.78, 5) is 2.05. The van der Waals surface area contributed by atoms with Crippen molar-refractivity contribution in [3.63, 3.8) is 0 Å². The van der Waals surface area contributed by atoms with Crippen molar-refractivity contribution >= 4 is 11.6 Å². The summed E-state index contributed by atoms with van der Waals surface area (Å²) >= 11 is 5.78. The van der Waals surface area contributed by atoms with E-state index < -0.39 is 0 Å². The van der Waals surface area contributed by atoms with Crippen LogP contribution in [0.4, 0.5) is 0 Å². The average molecular weight is 176 g/mol. The van der Waals surface area contributed by atoms with E-state index in [0.717, 1.165) is 12.8 Å². The molecule has 0 aromatic carbocycles. The van der Waals surface area contributed by atoms with Gasteiger partial charge in [-0.1, -0.05) is 6.08 Å². The van der Waals surface area contributed by atoms with Crippen molar-refractivity contribution in [2.24, 2.45) is 0 Å². The molecule has 0 bridgehead atoms. The van der Waals surface area contributed by atoms with Crippen LogP contribution in [0.5, 0.6) is 0 Å². The van der Waals surface area contributed by atoms with Crippen molar-refractivity contribution in [3.05, 3.63) is 12.3 Å². The van der Waals surface area contributed by atoms with Gasteiger partial charge in [0.15, 0.2) is 0 Å². The number of hydrogen-bond acceptors (Lipinski definition) is 1. The Bertz CT molecular complexity index is 108. The minimum atomic E-state index is 0.322. The average Bonchev–Trinajstić information content (AvgIpc) is 1.85. The normalized spacial score (nSPS) is 13.8. The van der Waals surface area contributed by atoms with E-state index in [1.807, 2.05) is 25.9 Å². The molecule has 0 aromatic rings. The summed E-state index contributed by atoms with van der Waals surface area (Å²) in [7, 11) is 4.06. The molecule has 66 valence electrons. The third kappa shape index (κ3) is 9.83. The molecular weight excluding hydrogens is 158 g/mol. The highest BCUT2D eigenvalue weighted by Crippen LogP contribution is 2.06. The van der Waals surface area contributed by atoms with Gasteiger partial charge in [-0.05, 0) is 32.4 Å². The van der Waals surface area contributed by atoms with Gasteiger partial charge in [0.1, 0.15) is 0 Å². The Hall–Kier alpha value is -0.170. The number of hydrogen-bond donors (Lipinski definition) is 0. The van der Waals surface area contributed by atoms with Crippen molar-refractivity contribution < 1.29 is 0 Å². The van der Waals surface area contributed by atoms with Crippen LogP contribution in [0.3, 0.4) is 0 Å². The minimum Gasteiger partial charge on any atom is -0.384 e. The molecule has 1 unspecified atom stereocenters. The molecule has 0 aliphatic rings. The molecule has 11 heavy (non-hydrogen) atoms. The number of nitrogens with zero attached hydrogens (tertiary/aromatic N) is 1. The topological polar surface area (TPSA) is 3.24 Å². The molecule has 1 nitrogen and oxygen atoms in total. The van der Waals surface area contributed by atoms with E-state index in [0.29, 0.717) is 5.38 Å². The zero-order chi connectivity index (χ0) is 8.69. The van der Waals surface area contributed by atoms with E-state index in [1.54, 1.807) is 0 Å². The lowest BCUT2D eigenvalue weighted by molar-refractivity contribution is 0.559. The largest absolute Gasteiger partial charge is 0.384 e. The molecule has 0 rings (SSSR count). The molecule has 0 radical (unpaired) electrons. The highest BCUT2D eigenvalue weighted by molar-refractivity contribution is 6.20. The van der Waals surface area contributed by atoms with Crippen LogP contribution in [0.25, 0.3) is 0 Å². The molecule has 0 spiro atoms. The first kappa shape index (κ1) is 10.8. The summed E-state index contributed by atoms with van der Waals surface area (Å²) in [6.07, 6.45) is 7.70. The first-order valence-corrected chi connectivity index (χ1v) is 4.53. The monoisotopic (exact) mass is 175 g/mol. The lowest BCUT2D eigenvalue weighted by Crippen LogP contribution is -1.99. The number of allylic oxidation sites excluding steroid dienone is 1. The highest BCUT2D eigenvalue weighted by Gasteiger charge is 1.92. The molecule has 0 saturated carbocycles. The molecule has 1 atom stereocenters. The standard InChI is InChI=1S/C9H18ClN/c1-9(10)7-5-4-6-8-11(2)3/h6,8-9H,4-5,7H2,1-3H3. The molecule has 0 N–H and O–H groups in total. The fourth-order valence-corrected chi connectivity index (χ4v) is 0.957. The van der Waals surface area contributed by atoms with Gasteiger partial charge in [0.2, 0.25) is 0 Å². The van der Waals surface area contributed by atoms with E-state index in [-0.39, 0.29) is 0 Å². The Labute approximate surface area is 75.0 Å². The Morgan fingerprint density at radius 3 is 2.55 bits per heavy atom. The number of alkyl halides is 1. The smallest absolute Gasteiger partial charge is 0.0307 e. The van der Waals surface area contributed by atoms with Crippen LogP contribution < -0.4 is 0 Å². The molecule has 0 amide bonds. The van der Waals surface area contributed by atoms with Gasteiger partial charge in [0.25, 0.3) is 0 Å². The molecule has 0 saturated heterocycles. The molecule has 2 heteroatoms. The van der Waals surface area contributed by atoms with Crippen molar-refractivity contribution in [1.29, 1.82) is 0 Å². The summed E-state index contributed by atoms with van der Waals surface area (Å²) in [5, 5.41) is 0.322.